The van der Waals surface area contributed by atoms with E-state index in [1.807, 2.05) is 13.8 Å². The van der Waals surface area contributed by atoms with Crippen LogP contribution >= 0.6 is 11.6 Å². The van der Waals surface area contributed by atoms with Crippen molar-refractivity contribution < 1.29 is 27.5 Å². The summed E-state index contributed by atoms with van der Waals surface area (Å²) < 4.78 is 39.7. The van der Waals surface area contributed by atoms with Gasteiger partial charge in [0.2, 0.25) is 11.8 Å². The SMILES string of the molecule is CCCNC(=O)[C@@H](C)N(Cc1ccccc1Cl)C(=O)CN(c1ccc(OC)c(OC)c1)S(=O)(=O)c1ccc(C)cc1. The molecular weight excluding hydrogens is 566 g/mol. The van der Waals surface area contributed by atoms with Gasteiger partial charge in [-0.05, 0) is 56.2 Å². The van der Waals surface area contributed by atoms with Crippen LogP contribution in [0.2, 0.25) is 5.02 Å². The molecule has 0 unspecified atom stereocenters. The second-order valence-electron chi connectivity index (χ2n) is 9.44. The van der Waals surface area contributed by atoms with E-state index in [-0.39, 0.29) is 23.0 Å². The van der Waals surface area contributed by atoms with Crippen molar-refractivity contribution in [2.24, 2.45) is 0 Å². The highest BCUT2D eigenvalue weighted by Crippen LogP contribution is 2.34. The molecule has 3 rings (SSSR count). The fourth-order valence-corrected chi connectivity index (χ4v) is 5.74. The van der Waals surface area contributed by atoms with E-state index in [1.54, 1.807) is 49.4 Å². The van der Waals surface area contributed by atoms with Crippen molar-refractivity contribution in [1.82, 2.24) is 10.2 Å². The summed E-state index contributed by atoms with van der Waals surface area (Å²) in [4.78, 5) is 28.3. The van der Waals surface area contributed by atoms with Gasteiger partial charge in [-0.1, -0.05) is 54.4 Å². The van der Waals surface area contributed by atoms with Gasteiger partial charge in [-0.25, -0.2) is 8.42 Å². The van der Waals surface area contributed by atoms with Crippen LogP contribution in [0.25, 0.3) is 0 Å². The van der Waals surface area contributed by atoms with Gasteiger partial charge in [-0.15, -0.1) is 0 Å². The van der Waals surface area contributed by atoms with Gasteiger partial charge in [0, 0.05) is 24.2 Å². The van der Waals surface area contributed by atoms with E-state index in [4.69, 9.17) is 21.1 Å². The van der Waals surface area contributed by atoms with Crippen LogP contribution in [0.3, 0.4) is 0 Å². The number of methoxy groups -OCH3 is 2. The van der Waals surface area contributed by atoms with Crippen molar-refractivity contribution in [3.63, 3.8) is 0 Å². The number of carbonyl (C=O) groups excluding carboxylic acids is 2. The molecule has 3 aromatic carbocycles. The first-order valence-corrected chi connectivity index (χ1v) is 15.0. The number of amides is 2. The van der Waals surface area contributed by atoms with E-state index in [1.165, 1.54) is 43.4 Å². The van der Waals surface area contributed by atoms with Crippen LogP contribution in [0.15, 0.2) is 71.6 Å². The molecule has 9 nitrogen and oxygen atoms in total. The number of hydrogen-bond acceptors (Lipinski definition) is 6. The third kappa shape index (κ3) is 7.71. The molecule has 3 aromatic rings. The lowest BCUT2D eigenvalue weighted by atomic mass is 10.1. The Morgan fingerprint density at radius 1 is 0.976 bits per heavy atom. The number of halogens is 1. The Morgan fingerprint density at radius 3 is 2.24 bits per heavy atom. The summed E-state index contributed by atoms with van der Waals surface area (Å²) in [5.74, 6) is -0.250. The van der Waals surface area contributed by atoms with E-state index in [0.29, 0.717) is 28.6 Å². The zero-order chi connectivity index (χ0) is 30.2. The zero-order valence-electron chi connectivity index (χ0n) is 23.9. The van der Waals surface area contributed by atoms with Crippen LogP contribution in [0.1, 0.15) is 31.4 Å². The van der Waals surface area contributed by atoms with Crippen molar-refractivity contribution in [1.29, 1.82) is 0 Å². The Kier molecular flexibility index (Phi) is 11.0. The third-order valence-electron chi connectivity index (χ3n) is 6.56. The van der Waals surface area contributed by atoms with Gasteiger partial charge in [0.15, 0.2) is 11.5 Å². The molecule has 0 bridgehead atoms. The minimum atomic E-state index is -4.22. The monoisotopic (exact) mass is 601 g/mol. The van der Waals surface area contributed by atoms with Crippen LogP contribution < -0.4 is 19.1 Å². The molecule has 0 saturated carbocycles. The third-order valence-corrected chi connectivity index (χ3v) is 8.71. The molecule has 41 heavy (non-hydrogen) atoms. The van der Waals surface area contributed by atoms with Crippen molar-refractivity contribution in [3.8, 4) is 11.5 Å². The second-order valence-corrected chi connectivity index (χ2v) is 11.7. The Labute approximate surface area is 247 Å². The largest absolute Gasteiger partial charge is 0.493 e. The molecule has 0 aliphatic heterocycles. The van der Waals surface area contributed by atoms with Crippen LogP contribution in [-0.2, 0) is 26.2 Å². The van der Waals surface area contributed by atoms with Crippen molar-refractivity contribution >= 4 is 39.1 Å². The van der Waals surface area contributed by atoms with Crippen LogP contribution in [0, 0.1) is 6.92 Å². The average molecular weight is 602 g/mol. The summed E-state index contributed by atoms with van der Waals surface area (Å²) in [5.41, 5.74) is 1.70. The minimum Gasteiger partial charge on any atom is -0.493 e. The first-order chi connectivity index (χ1) is 19.5. The van der Waals surface area contributed by atoms with Gasteiger partial charge in [-0.2, -0.15) is 0 Å². The number of nitrogens with one attached hydrogen (secondary N) is 1. The maximum Gasteiger partial charge on any atom is 0.264 e. The molecule has 0 aromatic heterocycles. The maximum absolute atomic E-state index is 14.0. The van der Waals surface area contributed by atoms with Gasteiger partial charge in [0.25, 0.3) is 10.0 Å². The number of hydrogen-bond donors (Lipinski definition) is 1. The number of rotatable bonds is 13. The van der Waals surface area contributed by atoms with Gasteiger partial charge >= 0.3 is 0 Å². The molecule has 0 radical (unpaired) electrons. The lowest BCUT2D eigenvalue weighted by Gasteiger charge is -2.32. The van der Waals surface area contributed by atoms with Gasteiger partial charge in [-0.3, -0.25) is 13.9 Å². The Hall–Kier alpha value is -3.76. The fourth-order valence-electron chi connectivity index (χ4n) is 4.13. The predicted octanol–water partition coefficient (Wildman–Crippen LogP) is 4.80. The topological polar surface area (TPSA) is 105 Å². The molecule has 0 aliphatic carbocycles. The highest BCUT2D eigenvalue weighted by atomic mass is 35.5. The first kappa shape index (κ1) is 31.8. The normalized spacial score (nSPS) is 11.9. The Bertz CT molecular complexity index is 1460. The lowest BCUT2D eigenvalue weighted by molar-refractivity contribution is -0.139. The molecule has 0 saturated heterocycles. The Balaban J connectivity index is 2.09. The quantitative estimate of drug-likeness (QED) is 0.302. The minimum absolute atomic E-state index is 0.00354. The van der Waals surface area contributed by atoms with Gasteiger partial charge in [0.05, 0.1) is 24.8 Å². The molecule has 0 spiro atoms. The number of anilines is 1. The fraction of sp³-hybridized carbons (Fsp3) is 0.333. The number of benzene rings is 3. The van der Waals surface area contributed by atoms with Crippen molar-refractivity contribution in [3.05, 3.63) is 82.9 Å². The van der Waals surface area contributed by atoms with E-state index >= 15 is 0 Å². The molecule has 1 atom stereocenters. The van der Waals surface area contributed by atoms with E-state index in [2.05, 4.69) is 5.32 Å². The average Bonchev–Trinajstić information content (AvgIpc) is 2.97. The van der Waals surface area contributed by atoms with Gasteiger partial charge < -0.3 is 19.7 Å². The summed E-state index contributed by atoms with van der Waals surface area (Å²) in [6, 6.07) is 17.1. The zero-order valence-corrected chi connectivity index (χ0v) is 25.5. The summed E-state index contributed by atoms with van der Waals surface area (Å²) in [6.45, 7) is 5.25. The lowest BCUT2D eigenvalue weighted by Crippen LogP contribution is -2.51. The molecule has 2 amide bonds. The molecular formula is C30H36ClN3O6S. The highest BCUT2D eigenvalue weighted by Gasteiger charge is 2.33. The van der Waals surface area contributed by atoms with E-state index in [9.17, 15) is 18.0 Å². The number of sulfonamides is 1. The Morgan fingerprint density at radius 2 is 1.63 bits per heavy atom. The molecule has 0 fully saturated rings. The van der Waals surface area contributed by atoms with E-state index < -0.39 is 28.5 Å². The number of ether oxygens (including phenoxy) is 2. The van der Waals surface area contributed by atoms with Crippen LogP contribution in [0.4, 0.5) is 5.69 Å². The van der Waals surface area contributed by atoms with E-state index in [0.717, 1.165) is 16.3 Å². The number of aryl methyl sites for hydroxylation is 1. The first-order valence-electron chi connectivity index (χ1n) is 13.2. The molecule has 0 aliphatic rings. The van der Waals surface area contributed by atoms with Crippen LogP contribution in [0.5, 0.6) is 11.5 Å². The predicted molar refractivity (Wildman–Crippen MR) is 160 cm³/mol. The molecule has 11 heteroatoms. The van der Waals surface area contributed by atoms with Crippen molar-refractivity contribution in [2.45, 2.75) is 44.7 Å². The molecule has 0 heterocycles. The second kappa shape index (κ2) is 14.2. The summed E-state index contributed by atoms with van der Waals surface area (Å²) in [7, 11) is -1.31. The number of carbonyl (C=O) groups is 2. The smallest absolute Gasteiger partial charge is 0.264 e. The number of nitrogens with zero attached hydrogens (tertiary/aromatic N) is 2. The summed E-state index contributed by atoms with van der Waals surface area (Å²) >= 11 is 6.40. The maximum atomic E-state index is 14.0. The van der Waals surface area contributed by atoms with Gasteiger partial charge in [0.1, 0.15) is 12.6 Å². The summed E-state index contributed by atoms with van der Waals surface area (Å²) in [6.07, 6.45) is 0.721. The standard InChI is InChI=1S/C30H36ClN3O6S/c1-6-17-32-30(36)22(3)33(19-23-9-7-8-10-26(23)31)29(35)20-34(24-13-16-27(39-4)28(18-24)40-5)41(37,38)25-14-11-21(2)12-15-25/h7-16,18,22H,6,17,19-20H2,1-5H3,(H,32,36)/t22-/m1/s1. The molecule has 220 valence electrons. The highest BCUT2D eigenvalue weighted by molar-refractivity contribution is 7.92. The molecule has 1 N–H and O–H groups in total. The van der Waals surface area contributed by atoms with Crippen LogP contribution in [-0.4, -0.2) is 58.5 Å². The van der Waals surface area contributed by atoms with Crippen molar-refractivity contribution in [2.75, 3.05) is 31.6 Å². The summed E-state index contributed by atoms with van der Waals surface area (Å²) in [5, 5.41) is 3.24.